The second kappa shape index (κ2) is 8.21. The first-order chi connectivity index (χ1) is 12.3. The van der Waals surface area contributed by atoms with E-state index in [-0.39, 0.29) is 11.9 Å². The molecule has 0 radical (unpaired) electrons. The zero-order valence-corrected chi connectivity index (χ0v) is 13.9. The molecule has 1 heterocycles. The molecule has 2 aromatic carbocycles. The minimum Gasteiger partial charge on any atom is -0.408 e. The summed E-state index contributed by atoms with van der Waals surface area (Å²) in [7, 11) is 1.60. The Hall–Kier alpha value is -2.99. The SMILES string of the molecule is COCCc1nnc(NC(=O)C(c2ccccc2)c2ccccc2)o1. The van der Waals surface area contributed by atoms with Crippen LogP contribution in [0, 0.1) is 0 Å². The van der Waals surface area contributed by atoms with E-state index in [1.165, 1.54) is 0 Å². The zero-order valence-electron chi connectivity index (χ0n) is 13.9. The molecule has 0 saturated carbocycles. The largest absolute Gasteiger partial charge is 0.408 e. The second-order valence-electron chi connectivity index (χ2n) is 5.49. The summed E-state index contributed by atoms with van der Waals surface area (Å²) in [5.41, 5.74) is 1.79. The van der Waals surface area contributed by atoms with Crippen LogP contribution in [-0.2, 0) is 16.0 Å². The van der Waals surface area contributed by atoms with Crippen LogP contribution < -0.4 is 5.32 Å². The molecule has 3 aromatic rings. The maximum atomic E-state index is 12.9. The molecule has 0 aliphatic rings. The third-order valence-electron chi connectivity index (χ3n) is 3.75. The number of ether oxygens (including phenoxy) is 1. The Bertz CT molecular complexity index is 764. The first-order valence-electron chi connectivity index (χ1n) is 8.00. The lowest BCUT2D eigenvalue weighted by Crippen LogP contribution is -2.22. The van der Waals surface area contributed by atoms with Crippen molar-refractivity contribution in [1.29, 1.82) is 0 Å². The minimum atomic E-state index is -0.461. The molecule has 0 bridgehead atoms. The van der Waals surface area contributed by atoms with Crippen molar-refractivity contribution in [3.05, 3.63) is 77.7 Å². The molecular weight excluding hydrogens is 318 g/mol. The van der Waals surface area contributed by atoms with E-state index in [2.05, 4.69) is 15.5 Å². The van der Waals surface area contributed by atoms with Crippen LogP contribution in [0.4, 0.5) is 6.01 Å². The molecule has 0 aliphatic carbocycles. The molecule has 1 N–H and O–H groups in total. The molecule has 3 rings (SSSR count). The van der Waals surface area contributed by atoms with Gasteiger partial charge >= 0.3 is 6.01 Å². The van der Waals surface area contributed by atoms with E-state index in [1.54, 1.807) is 7.11 Å². The predicted molar refractivity (Wildman–Crippen MR) is 93.2 cm³/mol. The molecule has 25 heavy (non-hydrogen) atoms. The minimum absolute atomic E-state index is 0.0907. The fraction of sp³-hybridized carbons (Fsp3) is 0.211. The van der Waals surface area contributed by atoms with Crippen LogP contribution in [0.5, 0.6) is 0 Å². The fourth-order valence-corrected chi connectivity index (χ4v) is 2.56. The molecule has 0 aliphatic heterocycles. The van der Waals surface area contributed by atoms with Gasteiger partial charge in [-0.05, 0) is 11.1 Å². The van der Waals surface area contributed by atoms with Crippen molar-refractivity contribution in [3.63, 3.8) is 0 Å². The van der Waals surface area contributed by atoms with Crippen LogP contribution in [0.3, 0.4) is 0 Å². The lowest BCUT2D eigenvalue weighted by Gasteiger charge is -2.16. The molecule has 1 aromatic heterocycles. The molecule has 0 spiro atoms. The van der Waals surface area contributed by atoms with Crippen molar-refractivity contribution in [2.45, 2.75) is 12.3 Å². The summed E-state index contributed by atoms with van der Waals surface area (Å²) in [6, 6.07) is 19.3. The molecule has 0 atom stereocenters. The number of methoxy groups -OCH3 is 1. The van der Waals surface area contributed by atoms with Crippen molar-refractivity contribution < 1.29 is 13.9 Å². The Kier molecular flexibility index (Phi) is 5.53. The smallest absolute Gasteiger partial charge is 0.322 e. The van der Waals surface area contributed by atoms with Gasteiger partial charge in [0.2, 0.25) is 11.8 Å². The fourth-order valence-electron chi connectivity index (χ4n) is 2.56. The summed E-state index contributed by atoms with van der Waals surface area (Å²) in [5.74, 6) is -0.260. The molecular formula is C19H19N3O3. The zero-order chi connectivity index (χ0) is 17.5. The van der Waals surface area contributed by atoms with Crippen LogP contribution in [0.15, 0.2) is 65.1 Å². The van der Waals surface area contributed by atoms with Crippen LogP contribution in [0.25, 0.3) is 0 Å². The highest BCUT2D eigenvalue weighted by molar-refractivity contribution is 5.96. The number of hydrogen-bond donors (Lipinski definition) is 1. The Morgan fingerprint density at radius 3 is 2.20 bits per heavy atom. The Morgan fingerprint density at radius 2 is 1.64 bits per heavy atom. The van der Waals surface area contributed by atoms with Gasteiger partial charge in [0, 0.05) is 13.5 Å². The van der Waals surface area contributed by atoms with Gasteiger partial charge in [-0.15, -0.1) is 5.10 Å². The quantitative estimate of drug-likeness (QED) is 0.717. The first kappa shape index (κ1) is 16.9. The third-order valence-corrected chi connectivity index (χ3v) is 3.75. The number of benzene rings is 2. The summed E-state index contributed by atoms with van der Waals surface area (Å²) < 4.78 is 10.4. The summed E-state index contributed by atoms with van der Waals surface area (Å²) in [5, 5.41) is 10.5. The van der Waals surface area contributed by atoms with Crippen LogP contribution >= 0.6 is 0 Å². The summed E-state index contributed by atoms with van der Waals surface area (Å²) >= 11 is 0. The Balaban J connectivity index is 1.81. The van der Waals surface area contributed by atoms with Crippen LogP contribution in [-0.4, -0.2) is 29.8 Å². The third kappa shape index (κ3) is 4.30. The molecule has 0 saturated heterocycles. The van der Waals surface area contributed by atoms with Gasteiger partial charge in [-0.3, -0.25) is 10.1 Å². The van der Waals surface area contributed by atoms with Gasteiger partial charge in [-0.1, -0.05) is 65.8 Å². The van der Waals surface area contributed by atoms with Gasteiger partial charge in [0.05, 0.1) is 12.5 Å². The van der Waals surface area contributed by atoms with Gasteiger partial charge in [-0.25, -0.2) is 0 Å². The standard InChI is InChI=1S/C19H19N3O3/c1-24-13-12-16-21-22-19(25-16)20-18(23)17(14-8-4-2-5-9-14)15-10-6-3-7-11-15/h2-11,17H,12-13H2,1H3,(H,20,22,23). The molecule has 6 heteroatoms. The Labute approximate surface area is 145 Å². The van der Waals surface area contributed by atoms with Crippen LogP contribution in [0.2, 0.25) is 0 Å². The summed E-state index contributed by atoms with van der Waals surface area (Å²) in [6.45, 7) is 0.478. The number of carbonyl (C=O) groups excluding carboxylic acids is 1. The van der Waals surface area contributed by atoms with Gasteiger partial charge in [0.25, 0.3) is 0 Å². The van der Waals surface area contributed by atoms with E-state index < -0.39 is 5.92 Å². The number of nitrogens with zero attached hydrogens (tertiary/aromatic N) is 2. The molecule has 6 nitrogen and oxygen atoms in total. The number of rotatable bonds is 7. The maximum absolute atomic E-state index is 12.9. The van der Waals surface area contributed by atoms with E-state index in [4.69, 9.17) is 9.15 Å². The van der Waals surface area contributed by atoms with E-state index in [0.717, 1.165) is 11.1 Å². The van der Waals surface area contributed by atoms with Crippen molar-refractivity contribution in [2.75, 3.05) is 19.0 Å². The van der Waals surface area contributed by atoms with Crippen molar-refractivity contribution in [3.8, 4) is 0 Å². The average Bonchev–Trinajstić information content (AvgIpc) is 3.09. The van der Waals surface area contributed by atoms with Crippen molar-refractivity contribution in [2.24, 2.45) is 0 Å². The number of carbonyl (C=O) groups is 1. The molecule has 0 fully saturated rings. The highest BCUT2D eigenvalue weighted by Gasteiger charge is 2.24. The highest BCUT2D eigenvalue weighted by Crippen LogP contribution is 2.26. The molecule has 0 unspecified atom stereocenters. The topological polar surface area (TPSA) is 77.3 Å². The first-order valence-corrected chi connectivity index (χ1v) is 8.00. The van der Waals surface area contributed by atoms with Crippen molar-refractivity contribution >= 4 is 11.9 Å². The normalized spacial score (nSPS) is 10.8. The lowest BCUT2D eigenvalue weighted by atomic mass is 9.90. The highest BCUT2D eigenvalue weighted by atomic mass is 16.5. The number of aromatic nitrogens is 2. The Morgan fingerprint density at radius 1 is 1.04 bits per heavy atom. The van der Waals surface area contributed by atoms with Gasteiger partial charge in [0.15, 0.2) is 0 Å². The van der Waals surface area contributed by atoms with Crippen molar-refractivity contribution in [1.82, 2.24) is 10.2 Å². The van der Waals surface area contributed by atoms with E-state index in [0.29, 0.717) is 18.9 Å². The van der Waals surface area contributed by atoms with E-state index >= 15 is 0 Å². The number of amides is 1. The lowest BCUT2D eigenvalue weighted by molar-refractivity contribution is -0.116. The molecule has 1 amide bonds. The van der Waals surface area contributed by atoms with Crippen LogP contribution in [0.1, 0.15) is 22.9 Å². The number of nitrogens with one attached hydrogen (secondary N) is 1. The van der Waals surface area contributed by atoms with Gasteiger partial charge < -0.3 is 9.15 Å². The van der Waals surface area contributed by atoms with E-state index in [1.807, 2.05) is 60.7 Å². The van der Waals surface area contributed by atoms with Gasteiger partial charge in [0.1, 0.15) is 0 Å². The van der Waals surface area contributed by atoms with Gasteiger partial charge in [-0.2, -0.15) is 0 Å². The number of anilines is 1. The summed E-state index contributed by atoms with van der Waals surface area (Å²) in [6.07, 6.45) is 0.500. The molecule has 128 valence electrons. The second-order valence-corrected chi connectivity index (χ2v) is 5.49. The predicted octanol–water partition coefficient (Wildman–Crippen LogP) is 3.03. The van der Waals surface area contributed by atoms with E-state index in [9.17, 15) is 4.79 Å². The number of hydrogen-bond acceptors (Lipinski definition) is 5. The maximum Gasteiger partial charge on any atom is 0.322 e. The average molecular weight is 337 g/mol. The monoisotopic (exact) mass is 337 g/mol. The summed E-state index contributed by atoms with van der Waals surface area (Å²) in [4.78, 5) is 12.9.